The van der Waals surface area contributed by atoms with Gasteiger partial charge in [0.05, 0.1) is 12.2 Å². The molecule has 6 heteroatoms. The Morgan fingerprint density at radius 3 is 1.50 bits per heavy atom. The summed E-state index contributed by atoms with van der Waals surface area (Å²) in [5.74, 6) is 0. The fourth-order valence-corrected chi connectivity index (χ4v) is 3.43. The summed E-state index contributed by atoms with van der Waals surface area (Å²) in [7, 11) is -4.17. The molecule has 2 atom stereocenters. The van der Waals surface area contributed by atoms with Crippen LogP contribution in [0.3, 0.4) is 0 Å². The van der Waals surface area contributed by atoms with Crippen molar-refractivity contribution in [1.82, 2.24) is 0 Å². The molecule has 0 radical (unpaired) electrons. The number of unbranched alkanes of at least 4 members (excludes halogenated alkanes) is 6. The van der Waals surface area contributed by atoms with E-state index in [9.17, 15) is 9.46 Å². The second-order valence-electron chi connectivity index (χ2n) is 5.98. The topological polar surface area (TPSA) is 58.6 Å². The maximum atomic E-state index is 11.8. The van der Waals surface area contributed by atoms with Crippen LogP contribution in [0.2, 0.25) is 0 Å². The molecule has 0 aliphatic rings. The fraction of sp³-hybridized carbons (Fsp3) is 1.00. The van der Waals surface area contributed by atoms with Crippen LogP contribution in [0, 0.1) is 0 Å². The van der Waals surface area contributed by atoms with Gasteiger partial charge in [0.15, 0.2) is 0 Å². The van der Waals surface area contributed by atoms with Crippen molar-refractivity contribution in [2.45, 2.75) is 104 Å². The Kier molecular flexibility index (Phi) is 17.2. The van der Waals surface area contributed by atoms with Crippen molar-refractivity contribution in [3.8, 4) is 0 Å². The molecule has 0 saturated carbocycles. The number of phosphoric acid groups is 1. The molecule has 2 unspecified atom stereocenters. The van der Waals surface area contributed by atoms with E-state index in [1.54, 1.807) is 13.8 Å². The molecule has 4 nitrogen and oxygen atoms in total. The summed E-state index contributed by atoms with van der Waals surface area (Å²) in [6.07, 6.45) is 9.92. The van der Waals surface area contributed by atoms with Crippen molar-refractivity contribution in [2.75, 3.05) is 0 Å². The number of rotatable bonds is 14. The van der Waals surface area contributed by atoms with Crippen molar-refractivity contribution >= 4 is 7.82 Å². The van der Waals surface area contributed by atoms with E-state index in [1.807, 2.05) is 0 Å². The third-order valence-electron chi connectivity index (χ3n) is 3.55. The van der Waals surface area contributed by atoms with Crippen molar-refractivity contribution in [1.29, 1.82) is 0 Å². The van der Waals surface area contributed by atoms with Crippen molar-refractivity contribution < 1.29 is 35.9 Å². The summed E-state index contributed by atoms with van der Waals surface area (Å²) in [6, 6.07) is 0. The van der Waals surface area contributed by atoms with E-state index in [0.29, 0.717) is 0 Å². The van der Waals surface area contributed by atoms with E-state index in [0.717, 1.165) is 38.5 Å². The van der Waals surface area contributed by atoms with E-state index in [4.69, 9.17) is 9.05 Å². The molecule has 0 amide bonds. The Morgan fingerprint density at radius 1 is 0.818 bits per heavy atom. The summed E-state index contributed by atoms with van der Waals surface area (Å²) in [6.45, 7) is 7.90. The summed E-state index contributed by atoms with van der Waals surface area (Å²) in [4.78, 5) is 11.8. The predicted molar refractivity (Wildman–Crippen MR) is 86.2 cm³/mol. The smallest absolute Gasteiger partial charge is 0.756 e. The minimum Gasteiger partial charge on any atom is -0.756 e. The van der Waals surface area contributed by atoms with E-state index >= 15 is 0 Å². The fourth-order valence-electron chi connectivity index (χ4n) is 2.29. The molecule has 0 bridgehead atoms. The molecule has 0 spiro atoms. The Balaban J connectivity index is 0. The molecule has 0 aliphatic carbocycles. The summed E-state index contributed by atoms with van der Waals surface area (Å²) in [5, 5.41) is 0. The van der Waals surface area contributed by atoms with Gasteiger partial charge in [0.1, 0.15) is 0 Å². The van der Waals surface area contributed by atoms with Crippen LogP contribution < -0.4 is 4.89 Å². The maximum absolute atomic E-state index is 11.8. The van der Waals surface area contributed by atoms with Gasteiger partial charge in [-0.1, -0.05) is 65.2 Å². The molecular weight excluding hydrogens is 339 g/mol. The van der Waals surface area contributed by atoms with Gasteiger partial charge in [0.25, 0.3) is 7.82 Å². The standard InChI is InChI=1S/C16H35O4P.Cr/c1-5-7-9-11-13-15(3)19-21(17,18)20-16(4)14-12-10-8-6-2;/h15-16H,5-14H2,1-4H3,(H,17,18);/q;+2/p-1. The Morgan fingerprint density at radius 2 is 1.18 bits per heavy atom. The first-order chi connectivity index (χ1) is 9.91. The van der Waals surface area contributed by atoms with E-state index in [1.165, 1.54) is 25.7 Å². The van der Waals surface area contributed by atoms with Crippen LogP contribution in [0.4, 0.5) is 0 Å². The van der Waals surface area contributed by atoms with Crippen LogP contribution in [0.1, 0.15) is 91.9 Å². The SMILES string of the molecule is CCCCCCC(C)OP(=O)([O-])OC(C)CCCCCC.[Cr+2]. The Hall–Kier alpha value is 0.642. The van der Waals surface area contributed by atoms with E-state index in [2.05, 4.69) is 13.8 Å². The van der Waals surface area contributed by atoms with Crippen LogP contribution in [-0.4, -0.2) is 12.2 Å². The zero-order chi connectivity index (χ0) is 16.1. The van der Waals surface area contributed by atoms with Gasteiger partial charge in [0, 0.05) is 0 Å². The molecule has 0 rings (SSSR count). The van der Waals surface area contributed by atoms with Gasteiger partial charge in [-0.25, -0.2) is 0 Å². The van der Waals surface area contributed by atoms with Gasteiger partial charge < -0.3 is 13.9 Å². The van der Waals surface area contributed by atoms with E-state index < -0.39 is 7.82 Å². The monoisotopic (exact) mass is 373 g/mol. The Bertz CT molecular complexity index is 265. The minimum absolute atomic E-state index is 0. The van der Waals surface area contributed by atoms with Crippen LogP contribution in [0.25, 0.3) is 0 Å². The quantitative estimate of drug-likeness (QED) is 0.310. The summed E-state index contributed by atoms with van der Waals surface area (Å²) in [5.41, 5.74) is 0. The molecule has 0 heterocycles. The molecule has 0 fully saturated rings. The van der Waals surface area contributed by atoms with Crippen LogP contribution in [0.15, 0.2) is 0 Å². The zero-order valence-electron chi connectivity index (χ0n) is 14.7. The number of phosphoric ester groups is 1. The average Bonchev–Trinajstić information content (AvgIpc) is 2.38. The number of hydrogen-bond acceptors (Lipinski definition) is 4. The first-order valence-electron chi connectivity index (χ1n) is 8.59. The van der Waals surface area contributed by atoms with Crippen LogP contribution in [-0.2, 0) is 31.0 Å². The first-order valence-corrected chi connectivity index (χ1v) is 10.0. The van der Waals surface area contributed by atoms with E-state index in [-0.39, 0.29) is 29.6 Å². The minimum atomic E-state index is -4.17. The molecule has 22 heavy (non-hydrogen) atoms. The largest absolute Gasteiger partial charge is 2.00 e. The van der Waals surface area contributed by atoms with Crippen LogP contribution >= 0.6 is 7.82 Å². The van der Waals surface area contributed by atoms with Gasteiger partial charge in [-0.2, -0.15) is 0 Å². The molecule has 0 aliphatic heterocycles. The molecule has 0 N–H and O–H groups in total. The predicted octanol–water partition coefficient (Wildman–Crippen LogP) is 5.20. The third-order valence-corrected chi connectivity index (χ3v) is 4.78. The second-order valence-corrected chi connectivity index (χ2v) is 7.29. The van der Waals surface area contributed by atoms with Crippen molar-refractivity contribution in [3.63, 3.8) is 0 Å². The molecule has 0 aromatic rings. The Labute approximate surface area is 148 Å². The summed E-state index contributed by atoms with van der Waals surface area (Å²) < 4.78 is 22.0. The van der Waals surface area contributed by atoms with Gasteiger partial charge in [-0.05, 0) is 26.7 Å². The number of hydrogen-bond donors (Lipinski definition) is 0. The molecule has 0 saturated heterocycles. The molecule has 0 aromatic carbocycles. The molecule has 132 valence electrons. The molecular formula is C16H34CrO4P+. The summed E-state index contributed by atoms with van der Waals surface area (Å²) >= 11 is 0. The second kappa shape index (κ2) is 15.2. The third kappa shape index (κ3) is 15.5. The van der Waals surface area contributed by atoms with Gasteiger partial charge in [-0.15, -0.1) is 0 Å². The van der Waals surface area contributed by atoms with Gasteiger partial charge in [-0.3, -0.25) is 4.57 Å². The van der Waals surface area contributed by atoms with Gasteiger partial charge >= 0.3 is 17.4 Å². The van der Waals surface area contributed by atoms with Crippen LogP contribution in [0.5, 0.6) is 0 Å². The van der Waals surface area contributed by atoms with Crippen molar-refractivity contribution in [2.24, 2.45) is 0 Å². The maximum Gasteiger partial charge on any atom is 2.00 e. The average molecular weight is 373 g/mol. The molecule has 0 aromatic heterocycles. The zero-order valence-corrected chi connectivity index (χ0v) is 16.9. The normalized spacial score (nSPS) is 16.6. The van der Waals surface area contributed by atoms with Crippen molar-refractivity contribution in [3.05, 3.63) is 0 Å². The van der Waals surface area contributed by atoms with Gasteiger partial charge in [0.2, 0.25) is 0 Å². The first kappa shape index (κ1) is 24.9.